The summed E-state index contributed by atoms with van der Waals surface area (Å²) in [6.45, 7) is 10.8. The Kier molecular flexibility index (Phi) is 25.4. The molecule has 203 valence electrons. The standard InChI is InChI=1S/C21H30N6O.C2H6.CH4O.2CH3.Cu/c1-3-22-19-14-20(23-4-2)26-27-21-17(10-11-18(21)24-25-19)12-13-28-15-16-8-6-5-7-9-16;2*1-2;;;/h5-9,17H,3-4,10-15H2,1-2H3,(H,22,25)(H,23,26);1-2H3;2H,1H3;2*1H3;/q;;;2*-1;+2/b24-18+,27-21+;;;;;. The third kappa shape index (κ3) is 13.6. The SMILES string of the molecule is CC.CCN=C1CC(=NCC)N/N=C2/C(=N/N1)CCC2CCOCc1ccccc1.CO.[CH3-].[CH3-].[Cu+2]. The van der Waals surface area contributed by atoms with Gasteiger partial charge in [0.25, 0.3) is 0 Å². The Morgan fingerprint density at radius 3 is 2.11 bits per heavy atom. The molecule has 1 aromatic carbocycles. The molecule has 0 spiro atoms. The number of hydrogen-bond donors (Lipinski definition) is 3. The van der Waals surface area contributed by atoms with Crippen LogP contribution < -0.4 is 10.9 Å². The van der Waals surface area contributed by atoms with Gasteiger partial charge >= 0.3 is 17.1 Å². The number of hydrazone groups is 2. The molecule has 2 aliphatic rings. The Bertz CT molecular complexity index is 766. The minimum absolute atomic E-state index is 0. The van der Waals surface area contributed by atoms with Crippen LogP contribution in [0, 0.1) is 20.8 Å². The van der Waals surface area contributed by atoms with Gasteiger partial charge in [0.15, 0.2) is 0 Å². The van der Waals surface area contributed by atoms with Gasteiger partial charge in [-0.25, -0.2) is 0 Å². The van der Waals surface area contributed by atoms with Crippen LogP contribution in [0.2, 0.25) is 0 Å². The van der Waals surface area contributed by atoms with E-state index < -0.39 is 0 Å². The topological polar surface area (TPSA) is 103 Å². The zero-order valence-electron chi connectivity index (χ0n) is 22.6. The summed E-state index contributed by atoms with van der Waals surface area (Å²) < 4.78 is 5.88. The molecule has 1 fully saturated rings. The van der Waals surface area contributed by atoms with Gasteiger partial charge in [0.2, 0.25) is 0 Å². The molecule has 9 heteroatoms. The number of aliphatic hydroxyl groups excluding tert-OH is 1. The number of nitrogens with one attached hydrogen (secondary N) is 2. The van der Waals surface area contributed by atoms with E-state index in [0.717, 1.165) is 49.5 Å². The van der Waals surface area contributed by atoms with Crippen LogP contribution in [-0.2, 0) is 28.4 Å². The van der Waals surface area contributed by atoms with Crippen LogP contribution in [0.5, 0.6) is 0 Å². The van der Waals surface area contributed by atoms with Crippen molar-refractivity contribution >= 4 is 23.1 Å². The number of ether oxygens (including phenoxy) is 1. The van der Waals surface area contributed by atoms with Crippen LogP contribution in [0.25, 0.3) is 0 Å². The van der Waals surface area contributed by atoms with Crippen LogP contribution in [0.3, 0.4) is 0 Å². The number of amidine groups is 2. The number of aliphatic imine (C=N–C) groups is 2. The zero-order valence-corrected chi connectivity index (χ0v) is 23.5. The number of fused-ring (bicyclic) bond motifs is 1. The molecule has 1 aliphatic heterocycles. The molecule has 0 saturated heterocycles. The summed E-state index contributed by atoms with van der Waals surface area (Å²) in [5, 5.41) is 16.3. The molecule has 0 bridgehead atoms. The second-order valence-corrected chi connectivity index (χ2v) is 6.86. The molecular weight excluding hydrogens is 492 g/mol. The maximum Gasteiger partial charge on any atom is 2.00 e. The normalized spacial score (nSPS) is 21.3. The second-order valence-electron chi connectivity index (χ2n) is 6.86. The van der Waals surface area contributed by atoms with Crippen LogP contribution >= 0.6 is 0 Å². The summed E-state index contributed by atoms with van der Waals surface area (Å²) in [4.78, 5) is 9.00. The Labute approximate surface area is 224 Å². The molecule has 3 N–H and O–H groups in total. The van der Waals surface area contributed by atoms with E-state index >= 15 is 0 Å². The van der Waals surface area contributed by atoms with Gasteiger partial charge in [0.05, 0.1) is 24.5 Å². The van der Waals surface area contributed by atoms with Crippen LogP contribution in [-0.4, -0.2) is 55.0 Å². The summed E-state index contributed by atoms with van der Waals surface area (Å²) in [5.41, 5.74) is 9.51. The van der Waals surface area contributed by atoms with Crippen molar-refractivity contribution in [2.24, 2.45) is 26.1 Å². The maximum absolute atomic E-state index is 7.00. The Morgan fingerprint density at radius 2 is 1.54 bits per heavy atom. The van der Waals surface area contributed by atoms with E-state index in [2.05, 4.69) is 43.2 Å². The number of benzene rings is 1. The summed E-state index contributed by atoms with van der Waals surface area (Å²) in [6, 6.07) is 10.3. The quantitative estimate of drug-likeness (QED) is 0.267. The first kappa shape index (κ1) is 37.5. The van der Waals surface area contributed by atoms with Crippen LogP contribution in [0.15, 0.2) is 50.5 Å². The van der Waals surface area contributed by atoms with Gasteiger partial charge in [-0.1, -0.05) is 44.2 Å². The molecule has 0 aromatic heterocycles. The van der Waals surface area contributed by atoms with Gasteiger partial charge in [-0.2, -0.15) is 10.2 Å². The molecular formula is C26H46CuN6O2. The first-order valence-electron chi connectivity index (χ1n) is 11.6. The van der Waals surface area contributed by atoms with E-state index in [-0.39, 0.29) is 31.9 Å². The third-order valence-corrected chi connectivity index (χ3v) is 4.79. The molecule has 1 aliphatic carbocycles. The molecule has 1 aromatic rings. The van der Waals surface area contributed by atoms with Gasteiger partial charge in [-0.15, -0.1) is 0 Å². The fourth-order valence-electron chi connectivity index (χ4n) is 3.41. The van der Waals surface area contributed by atoms with Crippen LogP contribution in [0.4, 0.5) is 0 Å². The van der Waals surface area contributed by atoms with Gasteiger partial charge in [0, 0.05) is 32.7 Å². The number of nitrogens with zero attached hydrogens (tertiary/aromatic N) is 4. The van der Waals surface area contributed by atoms with E-state index in [0.29, 0.717) is 38.6 Å². The van der Waals surface area contributed by atoms with Crippen molar-refractivity contribution in [2.75, 3.05) is 26.8 Å². The maximum atomic E-state index is 7.00. The third-order valence-electron chi connectivity index (χ3n) is 4.79. The first-order chi connectivity index (χ1) is 15.8. The predicted molar refractivity (Wildman–Crippen MR) is 147 cm³/mol. The first-order valence-corrected chi connectivity index (χ1v) is 11.6. The van der Waals surface area contributed by atoms with E-state index in [1.807, 2.05) is 45.9 Å². The average molecular weight is 538 g/mol. The number of aliphatic hydroxyl groups is 1. The smallest absolute Gasteiger partial charge is 0.400 e. The van der Waals surface area contributed by atoms with E-state index in [4.69, 9.17) is 9.84 Å². The van der Waals surface area contributed by atoms with E-state index in [1.54, 1.807) is 0 Å². The fraction of sp³-hybridized carbons (Fsp3) is 0.538. The molecule has 1 radical (unpaired) electrons. The van der Waals surface area contributed by atoms with Crippen LogP contribution in [0.1, 0.15) is 58.9 Å². The Balaban J connectivity index is -0.00000139. The zero-order chi connectivity index (χ0) is 23.6. The fourth-order valence-corrected chi connectivity index (χ4v) is 3.41. The average Bonchev–Trinajstić information content (AvgIpc) is 3.26. The molecule has 0 amide bonds. The Hall–Kier alpha value is -2.06. The minimum Gasteiger partial charge on any atom is -0.400 e. The van der Waals surface area contributed by atoms with Gasteiger partial charge in [-0.3, -0.25) is 20.8 Å². The summed E-state index contributed by atoms with van der Waals surface area (Å²) in [6.07, 6.45) is 3.47. The number of rotatable bonds is 7. The summed E-state index contributed by atoms with van der Waals surface area (Å²) in [5.74, 6) is 1.98. The molecule has 1 atom stereocenters. The minimum atomic E-state index is 0. The van der Waals surface area contributed by atoms with Crippen molar-refractivity contribution in [3.63, 3.8) is 0 Å². The van der Waals surface area contributed by atoms with Gasteiger partial charge < -0.3 is 24.7 Å². The van der Waals surface area contributed by atoms with Crippen molar-refractivity contribution in [3.05, 3.63) is 50.7 Å². The molecule has 1 unspecified atom stereocenters. The number of hydrogen-bond acceptors (Lipinski definition) is 6. The monoisotopic (exact) mass is 537 g/mol. The molecule has 3 rings (SSSR count). The molecule has 1 heterocycles. The molecule has 1 saturated carbocycles. The molecule has 8 nitrogen and oxygen atoms in total. The van der Waals surface area contributed by atoms with E-state index in [1.165, 1.54) is 5.56 Å². The van der Waals surface area contributed by atoms with Crippen molar-refractivity contribution in [3.8, 4) is 0 Å². The summed E-state index contributed by atoms with van der Waals surface area (Å²) >= 11 is 0. The van der Waals surface area contributed by atoms with Gasteiger partial charge in [-0.05, 0) is 38.7 Å². The van der Waals surface area contributed by atoms with Crippen molar-refractivity contribution in [1.29, 1.82) is 0 Å². The Morgan fingerprint density at radius 1 is 0.971 bits per heavy atom. The van der Waals surface area contributed by atoms with Crippen molar-refractivity contribution < 1.29 is 26.9 Å². The molecule has 35 heavy (non-hydrogen) atoms. The predicted octanol–water partition coefficient (Wildman–Crippen LogP) is 4.67. The largest absolute Gasteiger partial charge is 2.00 e. The van der Waals surface area contributed by atoms with Gasteiger partial charge in [0.1, 0.15) is 11.7 Å². The summed E-state index contributed by atoms with van der Waals surface area (Å²) in [7, 11) is 1.00. The van der Waals surface area contributed by atoms with Crippen molar-refractivity contribution in [1.82, 2.24) is 10.9 Å². The van der Waals surface area contributed by atoms with Crippen molar-refractivity contribution in [2.45, 2.75) is 60.0 Å². The second kappa shape index (κ2) is 23.7. The van der Waals surface area contributed by atoms with E-state index in [9.17, 15) is 0 Å².